The van der Waals surface area contributed by atoms with Crippen LogP contribution in [0.5, 0.6) is 5.75 Å². The lowest BCUT2D eigenvalue weighted by Gasteiger charge is -2.13. The molecular formula is C19H20Cl2N2O3. The molecule has 0 aliphatic rings. The minimum absolute atomic E-state index is 0.222. The molecule has 0 aliphatic heterocycles. The molecule has 138 valence electrons. The summed E-state index contributed by atoms with van der Waals surface area (Å²) in [5.74, 6) is 0.137. The Bertz CT molecular complexity index is 794. The van der Waals surface area contributed by atoms with Crippen LogP contribution in [-0.4, -0.2) is 25.0 Å². The molecule has 0 unspecified atom stereocenters. The SMILES string of the molecule is CC(C)CNC(=O)c1ccccc1NC(=O)COc1ccc(Cl)c(Cl)c1. The molecule has 0 saturated heterocycles. The summed E-state index contributed by atoms with van der Waals surface area (Å²) in [5.41, 5.74) is 0.826. The molecule has 0 heterocycles. The predicted molar refractivity (Wildman–Crippen MR) is 104 cm³/mol. The third kappa shape index (κ3) is 5.93. The fourth-order valence-electron chi connectivity index (χ4n) is 2.08. The third-order valence-electron chi connectivity index (χ3n) is 3.38. The predicted octanol–water partition coefficient (Wildman–Crippen LogP) is 4.40. The zero-order valence-corrected chi connectivity index (χ0v) is 16.0. The molecular weight excluding hydrogens is 375 g/mol. The third-order valence-corrected chi connectivity index (χ3v) is 4.12. The van der Waals surface area contributed by atoms with Crippen molar-refractivity contribution in [2.75, 3.05) is 18.5 Å². The van der Waals surface area contributed by atoms with Gasteiger partial charge in [0, 0.05) is 12.6 Å². The van der Waals surface area contributed by atoms with Gasteiger partial charge < -0.3 is 15.4 Å². The molecule has 5 nitrogen and oxygen atoms in total. The summed E-state index contributed by atoms with van der Waals surface area (Å²) in [5, 5.41) is 6.28. The summed E-state index contributed by atoms with van der Waals surface area (Å²) in [4.78, 5) is 24.4. The molecule has 0 aliphatic carbocycles. The summed E-state index contributed by atoms with van der Waals surface area (Å²) < 4.78 is 5.40. The van der Waals surface area contributed by atoms with Gasteiger partial charge in [-0.05, 0) is 30.2 Å². The average molecular weight is 395 g/mol. The van der Waals surface area contributed by atoms with Crippen LogP contribution >= 0.6 is 23.2 Å². The first-order valence-electron chi connectivity index (χ1n) is 8.11. The van der Waals surface area contributed by atoms with Crippen molar-refractivity contribution in [2.45, 2.75) is 13.8 Å². The Kier molecular flexibility index (Phi) is 7.30. The van der Waals surface area contributed by atoms with Crippen LogP contribution in [0.25, 0.3) is 0 Å². The van der Waals surface area contributed by atoms with Crippen molar-refractivity contribution in [2.24, 2.45) is 5.92 Å². The molecule has 0 saturated carbocycles. The molecule has 2 amide bonds. The maximum atomic E-state index is 12.3. The van der Waals surface area contributed by atoms with Crippen LogP contribution in [-0.2, 0) is 4.79 Å². The molecule has 2 rings (SSSR count). The van der Waals surface area contributed by atoms with Crippen LogP contribution in [0.4, 0.5) is 5.69 Å². The van der Waals surface area contributed by atoms with Crippen LogP contribution in [0.1, 0.15) is 24.2 Å². The van der Waals surface area contributed by atoms with E-state index in [-0.39, 0.29) is 18.4 Å². The van der Waals surface area contributed by atoms with Gasteiger partial charge in [-0.25, -0.2) is 0 Å². The first kappa shape index (κ1) is 20.1. The van der Waals surface area contributed by atoms with Gasteiger partial charge in [-0.1, -0.05) is 49.2 Å². The molecule has 2 aromatic carbocycles. The fourth-order valence-corrected chi connectivity index (χ4v) is 2.37. The summed E-state index contributed by atoms with van der Waals surface area (Å²) >= 11 is 11.7. The maximum absolute atomic E-state index is 12.3. The molecule has 7 heteroatoms. The highest BCUT2D eigenvalue weighted by atomic mass is 35.5. The Hall–Kier alpha value is -2.24. The molecule has 0 radical (unpaired) electrons. The molecule has 2 aromatic rings. The molecule has 0 spiro atoms. The smallest absolute Gasteiger partial charge is 0.262 e. The standard InChI is InChI=1S/C19H20Cl2N2O3/c1-12(2)10-22-19(25)14-5-3-4-6-17(14)23-18(24)11-26-13-7-8-15(20)16(21)9-13/h3-9,12H,10-11H2,1-2H3,(H,22,25)(H,23,24). The van der Waals surface area contributed by atoms with E-state index >= 15 is 0 Å². The highest BCUT2D eigenvalue weighted by molar-refractivity contribution is 6.42. The highest BCUT2D eigenvalue weighted by Gasteiger charge is 2.13. The number of carbonyl (C=O) groups is 2. The first-order valence-corrected chi connectivity index (χ1v) is 8.87. The lowest BCUT2D eigenvalue weighted by Crippen LogP contribution is -2.29. The van der Waals surface area contributed by atoms with E-state index in [0.717, 1.165) is 0 Å². The summed E-state index contributed by atoms with van der Waals surface area (Å²) in [6, 6.07) is 11.6. The average Bonchev–Trinajstić information content (AvgIpc) is 2.61. The molecule has 0 aromatic heterocycles. The molecule has 2 N–H and O–H groups in total. The van der Waals surface area contributed by atoms with E-state index in [0.29, 0.717) is 39.5 Å². The number of hydrogen-bond acceptors (Lipinski definition) is 3. The number of rotatable bonds is 7. The Morgan fingerprint density at radius 1 is 1.08 bits per heavy atom. The summed E-state index contributed by atoms with van der Waals surface area (Å²) in [6.45, 7) is 4.35. The highest BCUT2D eigenvalue weighted by Crippen LogP contribution is 2.26. The number of nitrogens with one attached hydrogen (secondary N) is 2. The summed E-state index contributed by atoms with van der Waals surface area (Å²) in [6.07, 6.45) is 0. The van der Waals surface area contributed by atoms with Gasteiger partial charge in [0.15, 0.2) is 6.61 Å². The topological polar surface area (TPSA) is 67.4 Å². The zero-order valence-electron chi connectivity index (χ0n) is 14.5. The van der Waals surface area contributed by atoms with Crippen molar-refractivity contribution >= 4 is 40.7 Å². The van der Waals surface area contributed by atoms with Gasteiger partial charge in [0.2, 0.25) is 0 Å². The number of benzene rings is 2. The molecule has 0 fully saturated rings. The number of anilines is 1. The van der Waals surface area contributed by atoms with Crippen LogP contribution in [0.2, 0.25) is 10.0 Å². The minimum Gasteiger partial charge on any atom is -0.484 e. The number of ether oxygens (including phenoxy) is 1. The van der Waals surface area contributed by atoms with E-state index < -0.39 is 0 Å². The Labute approximate surface area is 162 Å². The Balaban J connectivity index is 1.98. The van der Waals surface area contributed by atoms with E-state index in [9.17, 15) is 9.59 Å². The van der Waals surface area contributed by atoms with Crippen molar-refractivity contribution < 1.29 is 14.3 Å². The second kappa shape index (κ2) is 9.46. The van der Waals surface area contributed by atoms with Crippen molar-refractivity contribution in [1.82, 2.24) is 5.32 Å². The maximum Gasteiger partial charge on any atom is 0.262 e. The molecule has 0 atom stereocenters. The summed E-state index contributed by atoms with van der Waals surface area (Å²) in [7, 11) is 0. The number of halogens is 2. The van der Waals surface area contributed by atoms with E-state index in [1.54, 1.807) is 36.4 Å². The lowest BCUT2D eigenvalue weighted by molar-refractivity contribution is -0.118. The van der Waals surface area contributed by atoms with E-state index in [4.69, 9.17) is 27.9 Å². The van der Waals surface area contributed by atoms with Gasteiger partial charge >= 0.3 is 0 Å². The number of para-hydroxylation sites is 1. The van der Waals surface area contributed by atoms with Gasteiger partial charge in [-0.2, -0.15) is 0 Å². The van der Waals surface area contributed by atoms with Crippen LogP contribution in [0.3, 0.4) is 0 Å². The van der Waals surface area contributed by atoms with Crippen LogP contribution < -0.4 is 15.4 Å². The van der Waals surface area contributed by atoms with E-state index in [1.807, 2.05) is 13.8 Å². The zero-order chi connectivity index (χ0) is 19.1. The van der Waals surface area contributed by atoms with Crippen LogP contribution in [0.15, 0.2) is 42.5 Å². The van der Waals surface area contributed by atoms with Gasteiger partial charge in [-0.3, -0.25) is 9.59 Å². The lowest BCUT2D eigenvalue weighted by atomic mass is 10.1. The normalized spacial score (nSPS) is 10.5. The number of hydrogen-bond donors (Lipinski definition) is 2. The minimum atomic E-state index is -0.389. The largest absolute Gasteiger partial charge is 0.484 e. The van der Waals surface area contributed by atoms with Crippen LogP contribution in [0, 0.1) is 5.92 Å². The Morgan fingerprint density at radius 3 is 2.50 bits per heavy atom. The Morgan fingerprint density at radius 2 is 1.81 bits per heavy atom. The monoisotopic (exact) mass is 394 g/mol. The van der Waals surface area contributed by atoms with E-state index in [1.165, 1.54) is 6.07 Å². The van der Waals surface area contributed by atoms with Crippen molar-refractivity contribution in [3.05, 3.63) is 58.1 Å². The fraction of sp³-hybridized carbons (Fsp3) is 0.263. The van der Waals surface area contributed by atoms with Gasteiger partial charge in [0.25, 0.3) is 11.8 Å². The number of amides is 2. The van der Waals surface area contributed by atoms with Gasteiger partial charge in [-0.15, -0.1) is 0 Å². The van der Waals surface area contributed by atoms with Gasteiger partial charge in [0.1, 0.15) is 5.75 Å². The van der Waals surface area contributed by atoms with Crippen molar-refractivity contribution in [1.29, 1.82) is 0 Å². The van der Waals surface area contributed by atoms with Gasteiger partial charge in [0.05, 0.1) is 21.3 Å². The number of carbonyl (C=O) groups excluding carboxylic acids is 2. The van der Waals surface area contributed by atoms with E-state index in [2.05, 4.69) is 10.6 Å². The second-order valence-corrected chi connectivity index (χ2v) is 6.88. The second-order valence-electron chi connectivity index (χ2n) is 6.06. The van der Waals surface area contributed by atoms with Crippen molar-refractivity contribution in [3.8, 4) is 5.75 Å². The first-order chi connectivity index (χ1) is 12.4. The quantitative estimate of drug-likeness (QED) is 0.731. The van der Waals surface area contributed by atoms with Crippen molar-refractivity contribution in [3.63, 3.8) is 0 Å². The molecule has 0 bridgehead atoms. The molecule has 26 heavy (non-hydrogen) atoms.